The van der Waals surface area contributed by atoms with E-state index in [1.54, 1.807) is 11.3 Å². The molecule has 2 rings (SSSR count). The predicted molar refractivity (Wildman–Crippen MR) is 82.7 cm³/mol. The summed E-state index contributed by atoms with van der Waals surface area (Å²) in [7, 11) is 1.90. The fourth-order valence-electron chi connectivity index (χ4n) is 3.04. The van der Waals surface area contributed by atoms with Gasteiger partial charge in [-0.15, -0.1) is 11.3 Å². The fourth-order valence-corrected chi connectivity index (χ4v) is 4.06. The molecule has 1 aliphatic rings. The first kappa shape index (κ1) is 15.4. The first-order valence-corrected chi connectivity index (χ1v) is 8.18. The van der Waals surface area contributed by atoms with E-state index in [2.05, 4.69) is 11.9 Å². The van der Waals surface area contributed by atoms with Crippen molar-refractivity contribution in [3.8, 4) is 0 Å². The van der Waals surface area contributed by atoms with Crippen LogP contribution in [-0.2, 0) is 4.79 Å². The van der Waals surface area contributed by atoms with E-state index in [1.807, 2.05) is 25.8 Å². The number of thiazole rings is 1. The maximum absolute atomic E-state index is 12.6. The Kier molecular flexibility index (Phi) is 4.81. The molecule has 1 aromatic rings. The van der Waals surface area contributed by atoms with Gasteiger partial charge >= 0.3 is 0 Å². The Labute approximate surface area is 125 Å². The fraction of sp³-hybridized carbons (Fsp3) is 0.733. The van der Waals surface area contributed by atoms with E-state index >= 15 is 0 Å². The predicted octanol–water partition coefficient (Wildman–Crippen LogP) is 2.80. The van der Waals surface area contributed by atoms with Crippen molar-refractivity contribution >= 4 is 17.2 Å². The number of nitrogens with zero attached hydrogens (tertiary/aromatic N) is 2. The van der Waals surface area contributed by atoms with E-state index < -0.39 is 0 Å². The lowest BCUT2D eigenvalue weighted by Gasteiger charge is -2.32. The van der Waals surface area contributed by atoms with E-state index in [4.69, 9.17) is 5.73 Å². The van der Waals surface area contributed by atoms with Gasteiger partial charge in [-0.05, 0) is 40.0 Å². The van der Waals surface area contributed by atoms with Crippen molar-refractivity contribution < 1.29 is 4.79 Å². The molecule has 1 heterocycles. The number of hydrogen-bond acceptors (Lipinski definition) is 4. The molecule has 1 aliphatic carbocycles. The highest BCUT2D eigenvalue weighted by Crippen LogP contribution is 2.31. The highest BCUT2D eigenvalue weighted by molar-refractivity contribution is 7.11. The van der Waals surface area contributed by atoms with Gasteiger partial charge in [-0.3, -0.25) is 4.79 Å². The zero-order valence-electron chi connectivity index (χ0n) is 12.8. The molecule has 1 aromatic heterocycles. The minimum Gasteiger partial charge on any atom is -0.338 e. The first-order valence-electron chi connectivity index (χ1n) is 7.36. The largest absolute Gasteiger partial charge is 0.338 e. The Morgan fingerprint density at radius 1 is 1.45 bits per heavy atom. The SMILES string of the molecule is Cc1nc(C)c(C(C)N(C)C(=O)C2CCCC(N)C2)s1. The summed E-state index contributed by atoms with van der Waals surface area (Å²) in [5, 5.41) is 1.06. The number of carbonyl (C=O) groups excluding carboxylic acids is 1. The van der Waals surface area contributed by atoms with Gasteiger partial charge in [0.25, 0.3) is 0 Å². The van der Waals surface area contributed by atoms with Crippen LogP contribution in [-0.4, -0.2) is 28.9 Å². The smallest absolute Gasteiger partial charge is 0.226 e. The minimum atomic E-state index is 0.0897. The highest BCUT2D eigenvalue weighted by atomic mass is 32.1. The Hall–Kier alpha value is -0.940. The van der Waals surface area contributed by atoms with Crippen LogP contribution in [0.4, 0.5) is 0 Å². The topological polar surface area (TPSA) is 59.2 Å². The second-order valence-electron chi connectivity index (χ2n) is 5.93. The van der Waals surface area contributed by atoms with Crippen LogP contribution in [0.5, 0.6) is 0 Å². The van der Waals surface area contributed by atoms with Crippen LogP contribution in [0.25, 0.3) is 0 Å². The third-order valence-electron chi connectivity index (χ3n) is 4.31. The van der Waals surface area contributed by atoms with Crippen molar-refractivity contribution in [1.82, 2.24) is 9.88 Å². The molecule has 0 spiro atoms. The van der Waals surface area contributed by atoms with Crippen LogP contribution in [0.2, 0.25) is 0 Å². The molecule has 4 nitrogen and oxygen atoms in total. The number of nitrogens with two attached hydrogens (primary N) is 1. The van der Waals surface area contributed by atoms with Crippen molar-refractivity contribution in [3.05, 3.63) is 15.6 Å². The third-order valence-corrected chi connectivity index (χ3v) is 5.55. The van der Waals surface area contributed by atoms with Crippen molar-refractivity contribution in [2.24, 2.45) is 11.7 Å². The van der Waals surface area contributed by atoms with Crippen LogP contribution in [0.1, 0.15) is 54.2 Å². The van der Waals surface area contributed by atoms with E-state index in [0.717, 1.165) is 36.4 Å². The molecule has 0 saturated heterocycles. The zero-order valence-corrected chi connectivity index (χ0v) is 13.7. The minimum absolute atomic E-state index is 0.0897. The van der Waals surface area contributed by atoms with E-state index in [9.17, 15) is 4.79 Å². The molecule has 3 unspecified atom stereocenters. The van der Waals surface area contributed by atoms with Crippen molar-refractivity contribution in [3.63, 3.8) is 0 Å². The van der Waals surface area contributed by atoms with Crippen LogP contribution in [0, 0.1) is 19.8 Å². The van der Waals surface area contributed by atoms with Gasteiger partial charge in [-0.1, -0.05) is 6.42 Å². The van der Waals surface area contributed by atoms with E-state index in [0.29, 0.717) is 0 Å². The monoisotopic (exact) mass is 295 g/mol. The molecule has 5 heteroatoms. The van der Waals surface area contributed by atoms with Crippen LogP contribution in [0.15, 0.2) is 0 Å². The number of hydrogen-bond donors (Lipinski definition) is 1. The lowest BCUT2D eigenvalue weighted by atomic mass is 9.85. The first-order chi connectivity index (χ1) is 9.40. The summed E-state index contributed by atoms with van der Waals surface area (Å²) >= 11 is 1.69. The Morgan fingerprint density at radius 2 is 2.15 bits per heavy atom. The Bertz CT molecular complexity index is 485. The molecular weight excluding hydrogens is 270 g/mol. The summed E-state index contributed by atoms with van der Waals surface area (Å²) < 4.78 is 0. The molecule has 1 amide bonds. The maximum Gasteiger partial charge on any atom is 0.226 e. The van der Waals surface area contributed by atoms with Crippen molar-refractivity contribution in [2.75, 3.05) is 7.05 Å². The average molecular weight is 295 g/mol. The average Bonchev–Trinajstić information content (AvgIpc) is 2.75. The highest BCUT2D eigenvalue weighted by Gasteiger charge is 2.30. The lowest BCUT2D eigenvalue weighted by Crippen LogP contribution is -2.39. The molecule has 0 bridgehead atoms. The number of aromatic nitrogens is 1. The van der Waals surface area contributed by atoms with Crippen molar-refractivity contribution in [1.29, 1.82) is 0 Å². The van der Waals surface area contributed by atoms with Gasteiger partial charge < -0.3 is 10.6 Å². The standard InChI is InChI=1S/C15H25N3OS/c1-9-14(20-11(3)17-9)10(2)18(4)15(19)12-6-5-7-13(16)8-12/h10,12-13H,5-8,16H2,1-4H3. The second kappa shape index (κ2) is 6.22. The summed E-state index contributed by atoms with van der Waals surface area (Å²) in [4.78, 5) is 20.2. The van der Waals surface area contributed by atoms with E-state index in [-0.39, 0.29) is 23.9 Å². The normalized spacial score (nSPS) is 24.4. The van der Waals surface area contributed by atoms with Crippen LogP contribution < -0.4 is 5.73 Å². The van der Waals surface area contributed by atoms with Crippen LogP contribution >= 0.6 is 11.3 Å². The van der Waals surface area contributed by atoms with Gasteiger partial charge in [-0.2, -0.15) is 0 Å². The third kappa shape index (κ3) is 3.20. The molecule has 112 valence electrons. The molecule has 0 aliphatic heterocycles. The quantitative estimate of drug-likeness (QED) is 0.933. The Balaban J connectivity index is 2.08. The molecule has 1 saturated carbocycles. The van der Waals surface area contributed by atoms with Gasteiger partial charge in [-0.25, -0.2) is 4.98 Å². The summed E-state index contributed by atoms with van der Waals surface area (Å²) in [5.41, 5.74) is 7.04. The maximum atomic E-state index is 12.6. The van der Waals surface area contributed by atoms with Gasteiger partial charge in [0.05, 0.1) is 16.7 Å². The number of amides is 1. The molecule has 1 fully saturated rings. The van der Waals surface area contributed by atoms with Crippen LogP contribution in [0.3, 0.4) is 0 Å². The summed E-state index contributed by atoms with van der Waals surface area (Å²) in [6, 6.07) is 0.278. The van der Waals surface area contributed by atoms with Gasteiger partial charge in [0.1, 0.15) is 0 Å². The zero-order chi connectivity index (χ0) is 14.9. The molecule has 0 radical (unpaired) electrons. The molecule has 2 N–H and O–H groups in total. The van der Waals surface area contributed by atoms with Gasteiger partial charge in [0.15, 0.2) is 0 Å². The van der Waals surface area contributed by atoms with E-state index in [1.165, 1.54) is 4.88 Å². The second-order valence-corrected chi connectivity index (χ2v) is 7.17. The molecule has 20 heavy (non-hydrogen) atoms. The molecular formula is C15H25N3OS. The lowest BCUT2D eigenvalue weighted by molar-refractivity contribution is -0.137. The number of rotatable bonds is 3. The summed E-state index contributed by atoms with van der Waals surface area (Å²) in [6.07, 6.45) is 3.93. The Morgan fingerprint density at radius 3 is 2.70 bits per heavy atom. The molecule has 0 aromatic carbocycles. The number of carbonyl (C=O) groups is 1. The van der Waals surface area contributed by atoms with Crippen molar-refractivity contribution in [2.45, 2.75) is 58.5 Å². The summed E-state index contributed by atoms with van der Waals surface area (Å²) in [5.74, 6) is 0.332. The number of aryl methyl sites for hydroxylation is 2. The molecule has 3 atom stereocenters. The van der Waals surface area contributed by atoms with Gasteiger partial charge in [0, 0.05) is 23.9 Å². The summed E-state index contributed by atoms with van der Waals surface area (Å²) in [6.45, 7) is 6.11. The van der Waals surface area contributed by atoms with Gasteiger partial charge in [0.2, 0.25) is 5.91 Å².